The molecule has 1 aliphatic heterocycles. The lowest BCUT2D eigenvalue weighted by Gasteiger charge is -2.35. The Kier molecular flexibility index (Phi) is 5.44. The summed E-state index contributed by atoms with van der Waals surface area (Å²) in [5.74, 6) is 0.0174. The lowest BCUT2D eigenvalue weighted by molar-refractivity contribution is 0.0628. The highest BCUT2D eigenvalue weighted by atomic mass is 35.5. The van der Waals surface area contributed by atoms with Crippen LogP contribution >= 0.6 is 23.2 Å². The molecule has 0 unspecified atom stereocenters. The van der Waals surface area contributed by atoms with E-state index in [1.165, 1.54) is 11.1 Å². The van der Waals surface area contributed by atoms with Gasteiger partial charge in [-0.25, -0.2) is 0 Å². The van der Waals surface area contributed by atoms with Crippen LogP contribution < -0.4 is 0 Å². The molecule has 1 saturated heterocycles. The molecule has 3 nitrogen and oxygen atoms in total. The van der Waals surface area contributed by atoms with Crippen LogP contribution in [0.5, 0.6) is 0 Å². The predicted octanol–water partition coefficient (Wildman–Crippen LogP) is 4.26. The Bertz CT molecular complexity index is 740. The molecular weight excluding hydrogens is 343 g/mol. The fourth-order valence-electron chi connectivity index (χ4n) is 2.99. The van der Waals surface area contributed by atoms with E-state index in [0.29, 0.717) is 15.6 Å². The highest BCUT2D eigenvalue weighted by Gasteiger charge is 2.22. The molecule has 1 aliphatic rings. The van der Waals surface area contributed by atoms with Gasteiger partial charge in [-0.15, -0.1) is 0 Å². The van der Waals surface area contributed by atoms with Gasteiger partial charge in [0.15, 0.2) is 0 Å². The van der Waals surface area contributed by atoms with Crippen molar-refractivity contribution in [1.82, 2.24) is 9.80 Å². The number of benzene rings is 2. The summed E-state index contributed by atoms with van der Waals surface area (Å²) in [4.78, 5) is 16.8. The maximum Gasteiger partial charge on any atom is 0.253 e. The van der Waals surface area contributed by atoms with Crippen LogP contribution in [0, 0.1) is 6.92 Å². The first-order valence-corrected chi connectivity index (χ1v) is 8.81. The van der Waals surface area contributed by atoms with Gasteiger partial charge in [0.05, 0.1) is 10.0 Å². The molecule has 24 heavy (non-hydrogen) atoms. The topological polar surface area (TPSA) is 23.6 Å². The van der Waals surface area contributed by atoms with Gasteiger partial charge < -0.3 is 4.90 Å². The summed E-state index contributed by atoms with van der Waals surface area (Å²) >= 11 is 11.9. The van der Waals surface area contributed by atoms with Gasteiger partial charge in [-0.05, 0) is 30.7 Å². The van der Waals surface area contributed by atoms with Crippen molar-refractivity contribution in [2.24, 2.45) is 0 Å². The van der Waals surface area contributed by atoms with Gasteiger partial charge in [-0.1, -0.05) is 53.0 Å². The van der Waals surface area contributed by atoms with Gasteiger partial charge in [-0.2, -0.15) is 0 Å². The van der Waals surface area contributed by atoms with Crippen LogP contribution in [0.3, 0.4) is 0 Å². The molecule has 1 fully saturated rings. The molecular formula is C19H20Cl2N2O. The second kappa shape index (κ2) is 7.56. The summed E-state index contributed by atoms with van der Waals surface area (Å²) in [5.41, 5.74) is 3.19. The van der Waals surface area contributed by atoms with Crippen molar-refractivity contribution in [1.29, 1.82) is 0 Å². The number of hydrogen-bond acceptors (Lipinski definition) is 2. The second-order valence-electron chi connectivity index (χ2n) is 6.19. The molecule has 1 amide bonds. The van der Waals surface area contributed by atoms with E-state index in [1.54, 1.807) is 18.2 Å². The summed E-state index contributed by atoms with van der Waals surface area (Å²) < 4.78 is 0. The zero-order valence-corrected chi connectivity index (χ0v) is 15.1. The number of halogens is 2. The van der Waals surface area contributed by atoms with Gasteiger partial charge >= 0.3 is 0 Å². The lowest BCUT2D eigenvalue weighted by Crippen LogP contribution is -2.48. The molecule has 0 aliphatic carbocycles. The fourth-order valence-corrected chi connectivity index (χ4v) is 3.29. The van der Waals surface area contributed by atoms with Crippen molar-refractivity contribution in [3.63, 3.8) is 0 Å². The van der Waals surface area contributed by atoms with E-state index in [-0.39, 0.29) is 5.91 Å². The molecule has 0 aromatic heterocycles. The zero-order chi connectivity index (χ0) is 17.1. The van der Waals surface area contributed by atoms with Crippen LogP contribution in [-0.4, -0.2) is 41.9 Å². The zero-order valence-electron chi connectivity index (χ0n) is 13.6. The highest BCUT2D eigenvalue weighted by molar-refractivity contribution is 6.42. The third kappa shape index (κ3) is 4.10. The number of carbonyl (C=O) groups excluding carboxylic acids is 1. The molecule has 0 atom stereocenters. The molecule has 2 aromatic carbocycles. The maximum absolute atomic E-state index is 12.6. The van der Waals surface area contributed by atoms with Crippen LogP contribution in [-0.2, 0) is 6.54 Å². The van der Waals surface area contributed by atoms with E-state index < -0.39 is 0 Å². The van der Waals surface area contributed by atoms with Gasteiger partial charge in [-0.3, -0.25) is 9.69 Å². The van der Waals surface area contributed by atoms with E-state index in [2.05, 4.69) is 36.1 Å². The third-order valence-corrected chi connectivity index (χ3v) is 5.05. The fraction of sp³-hybridized carbons (Fsp3) is 0.316. The Labute approximate surface area is 152 Å². The first-order valence-electron chi connectivity index (χ1n) is 8.05. The molecule has 0 N–H and O–H groups in total. The molecule has 2 aromatic rings. The minimum absolute atomic E-state index is 0.0174. The summed E-state index contributed by atoms with van der Waals surface area (Å²) in [6.45, 7) is 6.24. The summed E-state index contributed by atoms with van der Waals surface area (Å²) in [6.07, 6.45) is 0. The normalized spacial score (nSPS) is 15.5. The van der Waals surface area contributed by atoms with Gasteiger partial charge in [0, 0.05) is 38.3 Å². The number of amides is 1. The summed E-state index contributed by atoms with van der Waals surface area (Å²) in [5, 5.41) is 0.886. The summed E-state index contributed by atoms with van der Waals surface area (Å²) in [6, 6.07) is 13.6. The van der Waals surface area contributed by atoms with E-state index in [1.807, 2.05) is 4.90 Å². The SMILES string of the molecule is Cc1cccc(CN2CCN(C(=O)c3ccc(Cl)c(Cl)c3)CC2)c1. The number of carbonyl (C=O) groups is 1. The Hall–Kier alpha value is -1.55. The first kappa shape index (κ1) is 17.3. The first-order chi connectivity index (χ1) is 11.5. The standard InChI is InChI=1S/C19H20Cl2N2O/c1-14-3-2-4-15(11-14)13-22-7-9-23(10-8-22)19(24)16-5-6-17(20)18(21)12-16/h2-6,11-12H,7-10,13H2,1H3. The molecule has 1 heterocycles. The Morgan fingerprint density at radius 3 is 2.42 bits per heavy atom. The number of nitrogens with zero attached hydrogens (tertiary/aromatic N) is 2. The van der Waals surface area contributed by atoms with Crippen molar-refractivity contribution < 1.29 is 4.79 Å². The van der Waals surface area contributed by atoms with Crippen molar-refractivity contribution in [3.05, 3.63) is 69.2 Å². The number of aryl methyl sites for hydroxylation is 1. The van der Waals surface area contributed by atoms with Crippen LogP contribution in [0.4, 0.5) is 0 Å². The molecule has 0 saturated carbocycles. The Morgan fingerprint density at radius 2 is 1.75 bits per heavy atom. The minimum Gasteiger partial charge on any atom is -0.336 e. The van der Waals surface area contributed by atoms with Gasteiger partial charge in [0.1, 0.15) is 0 Å². The average molecular weight is 363 g/mol. The Morgan fingerprint density at radius 1 is 1.00 bits per heavy atom. The molecule has 126 valence electrons. The highest BCUT2D eigenvalue weighted by Crippen LogP contribution is 2.23. The maximum atomic E-state index is 12.6. The van der Waals surface area contributed by atoms with Crippen LogP contribution in [0.2, 0.25) is 10.0 Å². The second-order valence-corrected chi connectivity index (χ2v) is 7.00. The van der Waals surface area contributed by atoms with Gasteiger partial charge in [0.2, 0.25) is 0 Å². The summed E-state index contributed by atoms with van der Waals surface area (Å²) in [7, 11) is 0. The number of piperazine rings is 1. The monoisotopic (exact) mass is 362 g/mol. The molecule has 5 heteroatoms. The lowest BCUT2D eigenvalue weighted by atomic mass is 10.1. The number of hydrogen-bond donors (Lipinski definition) is 0. The van der Waals surface area contributed by atoms with Crippen LogP contribution in [0.25, 0.3) is 0 Å². The smallest absolute Gasteiger partial charge is 0.253 e. The van der Waals surface area contributed by atoms with Crippen LogP contribution in [0.1, 0.15) is 21.5 Å². The third-order valence-electron chi connectivity index (χ3n) is 4.31. The van der Waals surface area contributed by atoms with E-state index in [4.69, 9.17) is 23.2 Å². The van der Waals surface area contributed by atoms with Crippen LogP contribution in [0.15, 0.2) is 42.5 Å². The van der Waals surface area contributed by atoms with Gasteiger partial charge in [0.25, 0.3) is 5.91 Å². The quantitative estimate of drug-likeness (QED) is 0.814. The van der Waals surface area contributed by atoms with Crippen molar-refractivity contribution in [2.45, 2.75) is 13.5 Å². The largest absolute Gasteiger partial charge is 0.336 e. The molecule has 0 bridgehead atoms. The molecule has 0 radical (unpaired) electrons. The molecule has 3 rings (SSSR count). The van der Waals surface area contributed by atoms with E-state index >= 15 is 0 Å². The van der Waals surface area contributed by atoms with E-state index in [9.17, 15) is 4.79 Å². The average Bonchev–Trinajstić information content (AvgIpc) is 2.57. The van der Waals surface area contributed by atoms with Crippen molar-refractivity contribution in [2.75, 3.05) is 26.2 Å². The van der Waals surface area contributed by atoms with Crippen molar-refractivity contribution >= 4 is 29.1 Å². The molecule has 0 spiro atoms. The minimum atomic E-state index is 0.0174. The predicted molar refractivity (Wildman–Crippen MR) is 98.8 cm³/mol. The Balaban J connectivity index is 1.58. The number of rotatable bonds is 3. The van der Waals surface area contributed by atoms with E-state index in [0.717, 1.165) is 32.7 Å². The van der Waals surface area contributed by atoms with Crippen molar-refractivity contribution in [3.8, 4) is 0 Å².